The second-order valence-electron chi connectivity index (χ2n) is 6.19. The van der Waals surface area contributed by atoms with Gasteiger partial charge in [-0.05, 0) is 60.7 Å². The van der Waals surface area contributed by atoms with Gasteiger partial charge in [-0.15, -0.1) is 0 Å². The van der Waals surface area contributed by atoms with Crippen LogP contribution in [0.4, 0.5) is 5.69 Å². The summed E-state index contributed by atoms with van der Waals surface area (Å²) in [5, 5.41) is 5.90. The second-order valence-corrected chi connectivity index (χ2v) is 6.19. The normalized spacial score (nSPS) is 10.2. The number of hydrogen-bond acceptors (Lipinski definition) is 5. The molecular formula is C23H24N2O4. The molecule has 0 saturated carbocycles. The molecule has 0 saturated heterocycles. The summed E-state index contributed by atoms with van der Waals surface area (Å²) < 4.78 is 16.4. The lowest BCUT2D eigenvalue weighted by atomic mass is 10.3. The molecule has 0 aliphatic rings. The van der Waals surface area contributed by atoms with Gasteiger partial charge in [0.1, 0.15) is 29.6 Å². The van der Waals surface area contributed by atoms with Crippen LogP contribution in [0.25, 0.3) is 0 Å². The summed E-state index contributed by atoms with van der Waals surface area (Å²) in [6.07, 6.45) is 0. The topological polar surface area (TPSA) is 68.8 Å². The molecule has 150 valence electrons. The fourth-order valence-electron chi connectivity index (χ4n) is 2.55. The third-order valence-electron chi connectivity index (χ3n) is 4.01. The Morgan fingerprint density at radius 3 is 2.10 bits per heavy atom. The van der Waals surface area contributed by atoms with Gasteiger partial charge in [0, 0.05) is 12.2 Å². The SMILES string of the molecule is COc1ccc(OCCNCC(=O)Nc2ccc(Oc3ccccc3)cc2)cc1. The van der Waals surface area contributed by atoms with Crippen molar-refractivity contribution in [3.8, 4) is 23.0 Å². The molecule has 3 rings (SSSR count). The molecule has 0 aliphatic heterocycles. The maximum Gasteiger partial charge on any atom is 0.238 e. The number of carbonyl (C=O) groups is 1. The molecule has 29 heavy (non-hydrogen) atoms. The molecule has 0 heterocycles. The Labute approximate surface area is 170 Å². The fraction of sp³-hybridized carbons (Fsp3) is 0.174. The Kier molecular flexibility index (Phi) is 7.48. The quantitative estimate of drug-likeness (QED) is 0.509. The van der Waals surface area contributed by atoms with Crippen LogP contribution in [-0.2, 0) is 4.79 Å². The van der Waals surface area contributed by atoms with Crippen molar-refractivity contribution in [3.05, 3.63) is 78.9 Å². The van der Waals surface area contributed by atoms with Crippen LogP contribution in [-0.4, -0.2) is 32.7 Å². The number of rotatable bonds is 10. The van der Waals surface area contributed by atoms with Gasteiger partial charge in [0.15, 0.2) is 0 Å². The van der Waals surface area contributed by atoms with Crippen LogP contribution in [0.5, 0.6) is 23.0 Å². The largest absolute Gasteiger partial charge is 0.497 e. The molecule has 0 aliphatic carbocycles. The molecule has 0 bridgehead atoms. The third-order valence-corrected chi connectivity index (χ3v) is 4.01. The monoisotopic (exact) mass is 392 g/mol. The van der Waals surface area contributed by atoms with Gasteiger partial charge in [-0.2, -0.15) is 0 Å². The Bertz CT molecular complexity index is 881. The van der Waals surface area contributed by atoms with E-state index in [4.69, 9.17) is 14.2 Å². The van der Waals surface area contributed by atoms with E-state index >= 15 is 0 Å². The van der Waals surface area contributed by atoms with Gasteiger partial charge in [-0.3, -0.25) is 4.79 Å². The van der Waals surface area contributed by atoms with E-state index in [1.165, 1.54) is 0 Å². The van der Waals surface area contributed by atoms with E-state index in [1.807, 2.05) is 78.9 Å². The van der Waals surface area contributed by atoms with Crippen molar-refractivity contribution in [3.63, 3.8) is 0 Å². The molecule has 0 spiro atoms. The lowest BCUT2D eigenvalue weighted by molar-refractivity contribution is -0.115. The summed E-state index contributed by atoms with van der Waals surface area (Å²) in [6, 6.07) is 24.2. The zero-order chi connectivity index (χ0) is 20.3. The molecule has 3 aromatic rings. The van der Waals surface area contributed by atoms with Crippen molar-refractivity contribution in [1.82, 2.24) is 5.32 Å². The standard InChI is InChI=1S/C23H24N2O4/c1-27-19-11-13-20(14-12-19)28-16-15-24-17-23(26)25-18-7-9-22(10-8-18)29-21-5-3-2-4-6-21/h2-14,24H,15-17H2,1H3,(H,25,26). The van der Waals surface area contributed by atoms with E-state index in [0.29, 0.717) is 24.6 Å². The molecule has 0 radical (unpaired) electrons. The van der Waals surface area contributed by atoms with Crippen molar-refractivity contribution in [2.45, 2.75) is 0 Å². The summed E-state index contributed by atoms with van der Waals surface area (Å²) in [6.45, 7) is 1.22. The van der Waals surface area contributed by atoms with Gasteiger partial charge < -0.3 is 24.8 Å². The van der Waals surface area contributed by atoms with Crippen molar-refractivity contribution in [1.29, 1.82) is 0 Å². The molecular weight excluding hydrogens is 368 g/mol. The van der Waals surface area contributed by atoms with E-state index < -0.39 is 0 Å². The predicted octanol–water partition coefficient (Wildman–Crippen LogP) is 4.09. The van der Waals surface area contributed by atoms with Gasteiger partial charge in [-0.1, -0.05) is 18.2 Å². The van der Waals surface area contributed by atoms with Gasteiger partial charge in [0.05, 0.1) is 13.7 Å². The Hall–Kier alpha value is -3.51. The van der Waals surface area contributed by atoms with Crippen molar-refractivity contribution in [2.75, 3.05) is 32.1 Å². The number of amides is 1. The van der Waals surface area contributed by atoms with Crippen LogP contribution in [0.3, 0.4) is 0 Å². The number of benzene rings is 3. The van der Waals surface area contributed by atoms with Gasteiger partial charge >= 0.3 is 0 Å². The van der Waals surface area contributed by atoms with Crippen LogP contribution in [0, 0.1) is 0 Å². The van der Waals surface area contributed by atoms with Gasteiger partial charge in [0.2, 0.25) is 5.91 Å². The molecule has 0 fully saturated rings. The summed E-state index contributed by atoms with van der Waals surface area (Å²) in [5.41, 5.74) is 0.715. The van der Waals surface area contributed by atoms with E-state index in [0.717, 1.165) is 17.2 Å². The van der Waals surface area contributed by atoms with Crippen LogP contribution >= 0.6 is 0 Å². The van der Waals surface area contributed by atoms with Crippen LogP contribution < -0.4 is 24.8 Å². The summed E-state index contributed by atoms with van der Waals surface area (Å²) in [4.78, 5) is 12.0. The highest BCUT2D eigenvalue weighted by Gasteiger charge is 2.03. The minimum atomic E-state index is -0.119. The Morgan fingerprint density at radius 2 is 1.41 bits per heavy atom. The smallest absolute Gasteiger partial charge is 0.238 e. The first kappa shape index (κ1) is 20.2. The highest BCUT2D eigenvalue weighted by Crippen LogP contribution is 2.22. The second kappa shape index (κ2) is 10.7. The highest BCUT2D eigenvalue weighted by molar-refractivity contribution is 5.92. The highest BCUT2D eigenvalue weighted by atomic mass is 16.5. The summed E-state index contributed by atoms with van der Waals surface area (Å²) in [7, 11) is 1.62. The average Bonchev–Trinajstić information content (AvgIpc) is 2.76. The summed E-state index contributed by atoms with van der Waals surface area (Å²) in [5.74, 6) is 2.90. The predicted molar refractivity (Wildman–Crippen MR) is 113 cm³/mol. The number of para-hydroxylation sites is 1. The summed E-state index contributed by atoms with van der Waals surface area (Å²) >= 11 is 0. The minimum Gasteiger partial charge on any atom is -0.497 e. The lowest BCUT2D eigenvalue weighted by Crippen LogP contribution is -2.31. The maximum absolute atomic E-state index is 12.0. The van der Waals surface area contributed by atoms with Crippen molar-refractivity contribution in [2.24, 2.45) is 0 Å². The number of nitrogens with one attached hydrogen (secondary N) is 2. The minimum absolute atomic E-state index is 0.119. The molecule has 6 heteroatoms. The number of methoxy groups -OCH3 is 1. The number of anilines is 1. The number of carbonyl (C=O) groups excluding carboxylic acids is 1. The molecule has 0 unspecified atom stereocenters. The Morgan fingerprint density at radius 1 is 0.793 bits per heavy atom. The Balaban J connectivity index is 1.33. The first-order valence-corrected chi connectivity index (χ1v) is 9.33. The van der Waals surface area contributed by atoms with E-state index in [-0.39, 0.29) is 12.5 Å². The molecule has 2 N–H and O–H groups in total. The van der Waals surface area contributed by atoms with E-state index in [1.54, 1.807) is 7.11 Å². The van der Waals surface area contributed by atoms with Crippen LogP contribution in [0.15, 0.2) is 78.9 Å². The first-order chi connectivity index (χ1) is 14.2. The third kappa shape index (κ3) is 6.86. The zero-order valence-electron chi connectivity index (χ0n) is 16.3. The van der Waals surface area contributed by atoms with Gasteiger partial charge in [0.25, 0.3) is 0 Å². The molecule has 0 atom stereocenters. The molecule has 1 amide bonds. The maximum atomic E-state index is 12.0. The molecule has 0 aromatic heterocycles. The van der Waals surface area contributed by atoms with Gasteiger partial charge in [-0.25, -0.2) is 0 Å². The fourth-order valence-corrected chi connectivity index (χ4v) is 2.55. The van der Waals surface area contributed by atoms with E-state index in [9.17, 15) is 4.79 Å². The van der Waals surface area contributed by atoms with E-state index in [2.05, 4.69) is 10.6 Å². The lowest BCUT2D eigenvalue weighted by Gasteiger charge is -2.10. The first-order valence-electron chi connectivity index (χ1n) is 9.33. The number of hydrogen-bond donors (Lipinski definition) is 2. The van der Waals surface area contributed by atoms with Crippen LogP contribution in [0.2, 0.25) is 0 Å². The zero-order valence-corrected chi connectivity index (χ0v) is 16.3. The van der Waals surface area contributed by atoms with Crippen molar-refractivity contribution < 1.29 is 19.0 Å². The number of ether oxygens (including phenoxy) is 3. The van der Waals surface area contributed by atoms with Crippen molar-refractivity contribution >= 4 is 11.6 Å². The van der Waals surface area contributed by atoms with Crippen LogP contribution in [0.1, 0.15) is 0 Å². The molecule has 3 aromatic carbocycles. The average molecular weight is 392 g/mol. The molecule has 6 nitrogen and oxygen atoms in total.